The Morgan fingerprint density at radius 3 is 2.73 bits per heavy atom. The number of hydrogen-bond donors (Lipinski definition) is 1. The lowest BCUT2D eigenvalue weighted by atomic mass is 9.87. The zero-order valence-electron chi connectivity index (χ0n) is 10.5. The molecule has 0 saturated carbocycles. The minimum Gasteiger partial charge on any atom is -0.341 e. The molecule has 15 heavy (non-hydrogen) atoms. The summed E-state index contributed by atoms with van der Waals surface area (Å²) in [5.74, 6) is 0.282. The van der Waals surface area contributed by atoms with E-state index in [4.69, 9.17) is 0 Å². The van der Waals surface area contributed by atoms with Crippen LogP contribution in [-0.4, -0.2) is 37.0 Å². The highest BCUT2D eigenvalue weighted by Gasteiger charge is 2.33. The van der Waals surface area contributed by atoms with Crippen LogP contribution in [0, 0.1) is 5.41 Å². The Labute approximate surface area is 93.2 Å². The normalized spacial score (nSPS) is 26.5. The van der Waals surface area contributed by atoms with E-state index in [-0.39, 0.29) is 17.4 Å². The number of rotatable bonds is 3. The summed E-state index contributed by atoms with van der Waals surface area (Å²) in [5.41, 5.74) is 0.260. The first-order chi connectivity index (χ1) is 7.00. The molecule has 0 aromatic rings. The van der Waals surface area contributed by atoms with E-state index in [1.165, 1.54) is 0 Å². The van der Waals surface area contributed by atoms with Crippen molar-refractivity contribution < 1.29 is 4.79 Å². The van der Waals surface area contributed by atoms with Crippen molar-refractivity contribution in [1.29, 1.82) is 0 Å². The summed E-state index contributed by atoms with van der Waals surface area (Å²) in [6.45, 7) is 8.42. The molecule has 3 nitrogen and oxygen atoms in total. The largest absolute Gasteiger partial charge is 0.341 e. The molecule has 0 radical (unpaired) electrons. The maximum absolute atomic E-state index is 12.1. The summed E-state index contributed by atoms with van der Waals surface area (Å²) in [6.07, 6.45) is 3.12. The van der Waals surface area contributed by atoms with Crippen molar-refractivity contribution in [2.75, 3.05) is 20.1 Å². The number of carbonyl (C=O) groups is 1. The first-order valence-corrected chi connectivity index (χ1v) is 5.96. The topological polar surface area (TPSA) is 32.3 Å². The molecular weight excluding hydrogens is 188 g/mol. The Hall–Kier alpha value is -0.570. The minimum absolute atomic E-state index is 0.0262. The molecule has 0 spiro atoms. The average molecular weight is 212 g/mol. The zero-order chi connectivity index (χ0) is 11.5. The molecule has 0 aromatic carbocycles. The van der Waals surface area contributed by atoms with Gasteiger partial charge in [-0.1, -0.05) is 20.8 Å². The number of amides is 1. The van der Waals surface area contributed by atoms with Crippen LogP contribution in [0.2, 0.25) is 0 Å². The van der Waals surface area contributed by atoms with Gasteiger partial charge in [-0.2, -0.15) is 0 Å². The third-order valence-corrected chi connectivity index (χ3v) is 3.18. The van der Waals surface area contributed by atoms with E-state index in [2.05, 4.69) is 26.1 Å². The van der Waals surface area contributed by atoms with Crippen molar-refractivity contribution in [2.24, 2.45) is 5.41 Å². The van der Waals surface area contributed by atoms with Gasteiger partial charge in [0.1, 0.15) is 0 Å². The fraction of sp³-hybridized carbons (Fsp3) is 0.917. The summed E-state index contributed by atoms with van der Waals surface area (Å²) >= 11 is 0. The first-order valence-electron chi connectivity index (χ1n) is 5.96. The fourth-order valence-electron chi connectivity index (χ4n) is 2.28. The standard InChI is InChI=1S/C12H24N2O/c1-5-8-14-9-12(2,3)7-6-10(13-4)11(14)15/h10,13H,5-9H2,1-4H3. The number of nitrogens with one attached hydrogen (secondary N) is 1. The molecule has 0 aliphatic carbocycles. The number of nitrogens with zero attached hydrogens (tertiary/aromatic N) is 1. The average Bonchev–Trinajstić information content (AvgIpc) is 2.26. The molecule has 1 aliphatic rings. The minimum atomic E-state index is 0.0262. The summed E-state index contributed by atoms with van der Waals surface area (Å²) in [7, 11) is 1.88. The predicted octanol–water partition coefficient (Wildman–Crippen LogP) is 1.63. The maximum Gasteiger partial charge on any atom is 0.239 e. The second-order valence-corrected chi connectivity index (χ2v) is 5.30. The highest BCUT2D eigenvalue weighted by atomic mass is 16.2. The Balaban J connectivity index is 2.77. The van der Waals surface area contributed by atoms with Gasteiger partial charge in [0.25, 0.3) is 0 Å². The maximum atomic E-state index is 12.1. The lowest BCUT2D eigenvalue weighted by Gasteiger charge is -2.29. The van der Waals surface area contributed by atoms with Crippen LogP contribution >= 0.6 is 0 Å². The molecule has 3 heteroatoms. The molecule has 1 fully saturated rings. The van der Waals surface area contributed by atoms with Crippen LogP contribution in [-0.2, 0) is 4.79 Å². The molecule has 1 amide bonds. The lowest BCUT2D eigenvalue weighted by molar-refractivity contribution is -0.133. The van der Waals surface area contributed by atoms with Gasteiger partial charge in [0, 0.05) is 13.1 Å². The Morgan fingerprint density at radius 2 is 2.20 bits per heavy atom. The van der Waals surface area contributed by atoms with Crippen LogP contribution in [0.4, 0.5) is 0 Å². The summed E-state index contributed by atoms with van der Waals surface area (Å²) < 4.78 is 0. The van der Waals surface area contributed by atoms with Gasteiger partial charge < -0.3 is 10.2 Å². The Morgan fingerprint density at radius 1 is 1.53 bits per heavy atom. The van der Waals surface area contributed by atoms with E-state index in [1.54, 1.807) is 0 Å². The van der Waals surface area contributed by atoms with Crippen molar-refractivity contribution >= 4 is 5.91 Å². The van der Waals surface area contributed by atoms with Gasteiger partial charge >= 0.3 is 0 Å². The van der Waals surface area contributed by atoms with Crippen LogP contribution in [0.15, 0.2) is 0 Å². The zero-order valence-corrected chi connectivity index (χ0v) is 10.5. The number of likely N-dealkylation sites (tertiary alicyclic amines) is 1. The van der Waals surface area contributed by atoms with Gasteiger partial charge in [-0.15, -0.1) is 0 Å². The van der Waals surface area contributed by atoms with Crippen molar-refractivity contribution in [3.05, 3.63) is 0 Å². The molecule has 0 aromatic heterocycles. The van der Waals surface area contributed by atoms with Crippen molar-refractivity contribution in [3.8, 4) is 0 Å². The van der Waals surface area contributed by atoms with Crippen LogP contribution < -0.4 is 5.32 Å². The highest BCUT2D eigenvalue weighted by molar-refractivity contribution is 5.82. The molecule has 1 rings (SSSR count). The monoisotopic (exact) mass is 212 g/mol. The van der Waals surface area contributed by atoms with E-state index in [0.29, 0.717) is 0 Å². The predicted molar refractivity (Wildman–Crippen MR) is 62.7 cm³/mol. The Kier molecular flexibility index (Phi) is 4.14. The van der Waals surface area contributed by atoms with Crippen LogP contribution in [0.25, 0.3) is 0 Å². The van der Waals surface area contributed by atoms with Crippen molar-refractivity contribution in [2.45, 2.75) is 46.1 Å². The van der Waals surface area contributed by atoms with Crippen molar-refractivity contribution in [1.82, 2.24) is 10.2 Å². The second kappa shape index (κ2) is 4.97. The lowest BCUT2D eigenvalue weighted by Crippen LogP contribution is -2.45. The van der Waals surface area contributed by atoms with E-state index < -0.39 is 0 Å². The van der Waals surface area contributed by atoms with E-state index in [0.717, 1.165) is 32.4 Å². The first kappa shape index (κ1) is 12.5. The third kappa shape index (κ3) is 3.20. The molecule has 1 N–H and O–H groups in total. The molecule has 1 saturated heterocycles. The second-order valence-electron chi connectivity index (χ2n) is 5.30. The van der Waals surface area contributed by atoms with Crippen LogP contribution in [0.5, 0.6) is 0 Å². The van der Waals surface area contributed by atoms with Crippen LogP contribution in [0.1, 0.15) is 40.0 Å². The van der Waals surface area contributed by atoms with Gasteiger partial charge in [-0.25, -0.2) is 0 Å². The molecule has 1 atom stereocenters. The third-order valence-electron chi connectivity index (χ3n) is 3.18. The smallest absolute Gasteiger partial charge is 0.239 e. The van der Waals surface area contributed by atoms with E-state index in [1.807, 2.05) is 11.9 Å². The number of carbonyl (C=O) groups excluding carboxylic acids is 1. The fourth-order valence-corrected chi connectivity index (χ4v) is 2.28. The van der Waals surface area contributed by atoms with Gasteiger partial charge in [0.15, 0.2) is 0 Å². The van der Waals surface area contributed by atoms with Gasteiger partial charge in [-0.05, 0) is 31.7 Å². The summed E-state index contributed by atoms with van der Waals surface area (Å²) in [6, 6.07) is 0.0262. The van der Waals surface area contributed by atoms with Crippen molar-refractivity contribution in [3.63, 3.8) is 0 Å². The molecule has 1 heterocycles. The molecule has 88 valence electrons. The highest BCUT2D eigenvalue weighted by Crippen LogP contribution is 2.28. The molecule has 0 bridgehead atoms. The van der Waals surface area contributed by atoms with Gasteiger partial charge in [-0.3, -0.25) is 4.79 Å². The Bertz CT molecular complexity index is 226. The molecular formula is C12H24N2O. The molecule has 1 unspecified atom stereocenters. The summed E-state index contributed by atoms with van der Waals surface area (Å²) in [5, 5.41) is 3.13. The number of likely N-dealkylation sites (N-methyl/N-ethyl adjacent to an activating group) is 1. The number of hydrogen-bond acceptors (Lipinski definition) is 2. The van der Waals surface area contributed by atoms with E-state index in [9.17, 15) is 4.79 Å². The van der Waals surface area contributed by atoms with Gasteiger partial charge in [0.2, 0.25) is 5.91 Å². The quantitative estimate of drug-likeness (QED) is 0.771. The SMILES string of the molecule is CCCN1CC(C)(C)CCC(NC)C1=O. The van der Waals surface area contributed by atoms with Gasteiger partial charge in [0.05, 0.1) is 6.04 Å². The molecule has 1 aliphatic heterocycles. The van der Waals surface area contributed by atoms with Crippen LogP contribution in [0.3, 0.4) is 0 Å². The van der Waals surface area contributed by atoms with E-state index >= 15 is 0 Å². The summed E-state index contributed by atoms with van der Waals surface area (Å²) in [4.78, 5) is 14.1.